The van der Waals surface area contributed by atoms with Crippen LogP contribution in [0.3, 0.4) is 0 Å². The number of hydrogen-bond donors (Lipinski definition) is 3. The summed E-state index contributed by atoms with van der Waals surface area (Å²) in [5, 5.41) is 6.17. The summed E-state index contributed by atoms with van der Waals surface area (Å²) in [4.78, 5) is 4.07. The number of aliphatic imine (C=N–C) groups is 1. The van der Waals surface area contributed by atoms with Crippen molar-refractivity contribution in [2.45, 2.75) is 32.9 Å². The molecule has 0 atom stereocenters. The van der Waals surface area contributed by atoms with E-state index in [1.54, 1.807) is 7.05 Å². The Morgan fingerprint density at radius 1 is 1.17 bits per heavy atom. The zero-order valence-corrected chi connectivity index (χ0v) is 17.2. The van der Waals surface area contributed by atoms with E-state index in [1.807, 2.05) is 51.1 Å². The molecule has 0 unspecified atom stereocenters. The van der Waals surface area contributed by atoms with E-state index in [0.717, 1.165) is 5.56 Å². The fourth-order valence-electron chi connectivity index (χ4n) is 1.70. The van der Waals surface area contributed by atoms with Gasteiger partial charge in [0.15, 0.2) is 5.96 Å². The van der Waals surface area contributed by atoms with E-state index in [4.69, 9.17) is 0 Å². The third-order valence-corrected chi connectivity index (χ3v) is 4.05. The first-order valence-electron chi connectivity index (χ1n) is 7.22. The number of nitrogens with one attached hydrogen (secondary N) is 3. The fourth-order valence-corrected chi connectivity index (χ4v) is 2.60. The number of halogens is 1. The van der Waals surface area contributed by atoms with Crippen LogP contribution in [-0.4, -0.2) is 39.3 Å². The molecule has 8 heteroatoms. The summed E-state index contributed by atoms with van der Waals surface area (Å²) in [5.41, 5.74) is 0.802. The van der Waals surface area contributed by atoms with Gasteiger partial charge in [0, 0.05) is 25.7 Å². The van der Waals surface area contributed by atoms with Gasteiger partial charge in [0.05, 0.1) is 5.75 Å². The molecule has 0 spiro atoms. The average Bonchev–Trinajstić information content (AvgIpc) is 2.44. The maximum Gasteiger partial charge on any atom is 0.213 e. The summed E-state index contributed by atoms with van der Waals surface area (Å²) < 4.78 is 26.5. The molecule has 6 nitrogen and oxygen atoms in total. The second kappa shape index (κ2) is 10.1. The quantitative estimate of drug-likeness (QED) is 0.347. The highest BCUT2D eigenvalue weighted by molar-refractivity contribution is 14.0. The van der Waals surface area contributed by atoms with Gasteiger partial charge in [-0.3, -0.25) is 4.99 Å². The zero-order valence-electron chi connectivity index (χ0n) is 14.1. The monoisotopic (exact) mass is 454 g/mol. The molecule has 132 valence electrons. The van der Waals surface area contributed by atoms with Crippen LogP contribution in [0.15, 0.2) is 35.3 Å². The Morgan fingerprint density at radius 2 is 1.78 bits per heavy atom. The number of sulfonamides is 1. The lowest BCUT2D eigenvalue weighted by atomic mass is 10.1. The summed E-state index contributed by atoms with van der Waals surface area (Å²) in [6.45, 7) is 6.63. The number of guanidine groups is 1. The van der Waals surface area contributed by atoms with Crippen molar-refractivity contribution in [3.63, 3.8) is 0 Å². The molecule has 0 aliphatic carbocycles. The predicted octanol–water partition coefficient (Wildman–Crippen LogP) is 1.69. The number of nitrogens with zero attached hydrogens (tertiary/aromatic N) is 1. The second-order valence-electron chi connectivity index (χ2n) is 6.00. The van der Waals surface area contributed by atoms with Crippen molar-refractivity contribution in [3.8, 4) is 0 Å². The predicted molar refractivity (Wildman–Crippen MR) is 107 cm³/mol. The van der Waals surface area contributed by atoms with Crippen LogP contribution in [0, 0.1) is 0 Å². The Hall–Kier alpha value is -0.870. The maximum atomic E-state index is 11.9. The highest BCUT2D eigenvalue weighted by atomic mass is 127. The van der Waals surface area contributed by atoms with Crippen LogP contribution < -0.4 is 15.4 Å². The Morgan fingerprint density at radius 3 is 2.30 bits per heavy atom. The number of rotatable bonds is 6. The molecule has 1 aromatic carbocycles. The number of benzene rings is 1. The molecule has 1 aromatic rings. The van der Waals surface area contributed by atoms with Crippen molar-refractivity contribution in [2.24, 2.45) is 4.99 Å². The van der Waals surface area contributed by atoms with Crippen molar-refractivity contribution >= 4 is 40.0 Å². The minimum absolute atomic E-state index is 0. The highest BCUT2D eigenvalue weighted by Gasteiger charge is 2.13. The molecular weight excluding hydrogens is 427 g/mol. The van der Waals surface area contributed by atoms with Gasteiger partial charge in [-0.05, 0) is 26.3 Å². The molecule has 0 bridgehead atoms. The summed E-state index contributed by atoms with van der Waals surface area (Å²) in [6.07, 6.45) is 0. The van der Waals surface area contributed by atoms with E-state index in [1.165, 1.54) is 0 Å². The van der Waals surface area contributed by atoms with Gasteiger partial charge in [-0.25, -0.2) is 13.1 Å². The summed E-state index contributed by atoms with van der Waals surface area (Å²) in [6, 6.07) is 9.43. The van der Waals surface area contributed by atoms with E-state index in [0.29, 0.717) is 19.0 Å². The van der Waals surface area contributed by atoms with Gasteiger partial charge in [-0.2, -0.15) is 0 Å². The Labute approximate surface area is 156 Å². The van der Waals surface area contributed by atoms with Crippen molar-refractivity contribution in [1.29, 1.82) is 0 Å². The lowest BCUT2D eigenvalue weighted by Crippen LogP contribution is -2.48. The molecule has 0 fully saturated rings. The number of hydrogen-bond acceptors (Lipinski definition) is 3. The van der Waals surface area contributed by atoms with Crippen molar-refractivity contribution in [3.05, 3.63) is 35.9 Å². The third-order valence-electron chi connectivity index (χ3n) is 2.72. The Balaban J connectivity index is 0.00000484. The lowest BCUT2D eigenvalue weighted by Gasteiger charge is -2.23. The van der Waals surface area contributed by atoms with Crippen LogP contribution in [0.1, 0.15) is 26.3 Å². The lowest BCUT2D eigenvalue weighted by molar-refractivity contribution is 0.502. The standard InChI is InChI=1S/C15H26N4O2S.HI/c1-15(2,3)19-14(16-4)17-10-11-22(20,21)18-12-13-8-6-5-7-9-13;/h5-9,18H,10-12H2,1-4H3,(H2,16,17,19);1H. The molecule has 23 heavy (non-hydrogen) atoms. The smallest absolute Gasteiger partial charge is 0.213 e. The van der Waals surface area contributed by atoms with Gasteiger partial charge in [-0.1, -0.05) is 30.3 Å². The molecule has 0 aromatic heterocycles. The van der Waals surface area contributed by atoms with Crippen LogP contribution in [0.5, 0.6) is 0 Å². The molecule has 0 saturated carbocycles. The van der Waals surface area contributed by atoms with Gasteiger partial charge in [0.2, 0.25) is 10.0 Å². The van der Waals surface area contributed by atoms with Crippen molar-refractivity contribution in [2.75, 3.05) is 19.3 Å². The molecule has 3 N–H and O–H groups in total. The fraction of sp³-hybridized carbons (Fsp3) is 0.533. The molecule has 0 aliphatic rings. The Kier molecular flexibility index (Phi) is 9.71. The van der Waals surface area contributed by atoms with E-state index < -0.39 is 10.0 Å². The van der Waals surface area contributed by atoms with Gasteiger partial charge in [0.25, 0.3) is 0 Å². The molecule has 0 amide bonds. The normalized spacial score (nSPS) is 12.4. The second-order valence-corrected chi connectivity index (χ2v) is 7.93. The highest BCUT2D eigenvalue weighted by Crippen LogP contribution is 1.99. The van der Waals surface area contributed by atoms with E-state index in [-0.39, 0.29) is 35.3 Å². The summed E-state index contributed by atoms with van der Waals surface area (Å²) in [7, 11) is -1.67. The van der Waals surface area contributed by atoms with Crippen LogP contribution in [-0.2, 0) is 16.6 Å². The minimum Gasteiger partial charge on any atom is -0.355 e. The SMILES string of the molecule is CN=C(NCCS(=O)(=O)NCc1ccccc1)NC(C)(C)C.I. The summed E-state index contributed by atoms with van der Waals surface area (Å²) >= 11 is 0. The third kappa shape index (κ3) is 10.5. The Bertz CT molecular complexity index is 583. The summed E-state index contributed by atoms with van der Waals surface area (Å²) in [5.74, 6) is 0.579. The van der Waals surface area contributed by atoms with Crippen LogP contribution >= 0.6 is 24.0 Å². The van der Waals surface area contributed by atoms with E-state index in [2.05, 4.69) is 20.3 Å². The molecule has 0 saturated heterocycles. The first-order valence-corrected chi connectivity index (χ1v) is 8.87. The van der Waals surface area contributed by atoms with Gasteiger partial charge in [-0.15, -0.1) is 24.0 Å². The van der Waals surface area contributed by atoms with Gasteiger partial charge >= 0.3 is 0 Å². The molecule has 0 heterocycles. The van der Waals surface area contributed by atoms with E-state index in [9.17, 15) is 8.42 Å². The first-order chi connectivity index (χ1) is 10.2. The van der Waals surface area contributed by atoms with Crippen molar-refractivity contribution in [1.82, 2.24) is 15.4 Å². The topological polar surface area (TPSA) is 82.6 Å². The molecule has 0 radical (unpaired) electrons. The average molecular weight is 454 g/mol. The van der Waals surface area contributed by atoms with Crippen molar-refractivity contribution < 1.29 is 8.42 Å². The van der Waals surface area contributed by atoms with Crippen LogP contribution in [0.4, 0.5) is 0 Å². The largest absolute Gasteiger partial charge is 0.355 e. The minimum atomic E-state index is -3.32. The van der Waals surface area contributed by atoms with Crippen LogP contribution in [0.2, 0.25) is 0 Å². The van der Waals surface area contributed by atoms with Gasteiger partial charge < -0.3 is 10.6 Å². The zero-order chi connectivity index (χ0) is 16.6. The van der Waals surface area contributed by atoms with Gasteiger partial charge in [0.1, 0.15) is 0 Å². The molecular formula is C15H27IN4O2S. The van der Waals surface area contributed by atoms with Crippen LogP contribution in [0.25, 0.3) is 0 Å². The maximum absolute atomic E-state index is 11.9. The first kappa shape index (κ1) is 22.1. The molecule has 0 aliphatic heterocycles. The van der Waals surface area contributed by atoms with E-state index >= 15 is 0 Å². The molecule has 1 rings (SSSR count).